The molecule has 1 heterocycles. The summed E-state index contributed by atoms with van der Waals surface area (Å²) >= 11 is 0. The Morgan fingerprint density at radius 3 is 2.33 bits per heavy atom. The molecule has 2 amide bonds. The molecule has 2 aromatic rings. The Bertz CT molecular complexity index is 1350. The van der Waals surface area contributed by atoms with Gasteiger partial charge in [-0.3, -0.25) is 19.4 Å². The van der Waals surface area contributed by atoms with Crippen molar-refractivity contribution < 1.29 is 28.3 Å². The topological polar surface area (TPSA) is 99.1 Å². The van der Waals surface area contributed by atoms with Crippen molar-refractivity contribution in [2.75, 3.05) is 6.54 Å². The molecule has 2 aromatic carbocycles. The zero-order chi connectivity index (χ0) is 30.7. The first-order valence-corrected chi connectivity index (χ1v) is 14.9. The normalized spacial score (nSPS) is 21.4. The number of halogens is 2. The highest BCUT2D eigenvalue weighted by molar-refractivity contribution is 6.46. The zero-order valence-electron chi connectivity index (χ0n) is 24.9. The second kappa shape index (κ2) is 12.7. The fourth-order valence-corrected chi connectivity index (χ4v) is 6.34. The van der Waals surface area contributed by atoms with Crippen molar-refractivity contribution in [3.63, 3.8) is 0 Å². The van der Waals surface area contributed by atoms with Gasteiger partial charge in [-0.2, -0.15) is 0 Å². The van der Waals surface area contributed by atoms with Gasteiger partial charge in [-0.1, -0.05) is 52.7 Å². The summed E-state index contributed by atoms with van der Waals surface area (Å²) in [5.74, 6) is -3.18. The second-order valence-corrected chi connectivity index (χ2v) is 12.2. The van der Waals surface area contributed by atoms with Gasteiger partial charge in [-0.15, -0.1) is 0 Å². The van der Waals surface area contributed by atoms with Crippen LogP contribution in [0.1, 0.15) is 107 Å². The third-order valence-corrected chi connectivity index (χ3v) is 9.24. The number of aliphatic imine (C=N–C) groups is 1. The van der Waals surface area contributed by atoms with Crippen molar-refractivity contribution in [2.24, 2.45) is 16.3 Å². The van der Waals surface area contributed by atoms with Crippen LogP contribution in [0.15, 0.2) is 47.5 Å². The molecule has 4 rings (SSSR count). The molecule has 7 nitrogen and oxygen atoms in total. The highest BCUT2D eigenvalue weighted by atomic mass is 19.2. The quantitative estimate of drug-likeness (QED) is 0.310. The number of carboxylic acid groups (broad SMARTS) is 1. The maximum atomic E-state index is 14.3. The molecule has 42 heavy (non-hydrogen) atoms. The Kier molecular flexibility index (Phi) is 9.48. The molecule has 1 aliphatic heterocycles. The van der Waals surface area contributed by atoms with Crippen LogP contribution in [0.2, 0.25) is 0 Å². The van der Waals surface area contributed by atoms with E-state index in [1.54, 1.807) is 12.1 Å². The summed E-state index contributed by atoms with van der Waals surface area (Å²) < 4.78 is 28.0. The summed E-state index contributed by atoms with van der Waals surface area (Å²) in [5, 5.41) is 11.4. The molecule has 0 saturated heterocycles. The Hall–Kier alpha value is -3.62. The zero-order valence-corrected chi connectivity index (χ0v) is 24.9. The average molecular weight is 582 g/mol. The van der Waals surface area contributed by atoms with Crippen LogP contribution in [0.25, 0.3) is 0 Å². The van der Waals surface area contributed by atoms with Crippen LogP contribution >= 0.6 is 0 Å². The Balaban J connectivity index is 1.69. The molecule has 1 aliphatic carbocycles. The molecule has 1 atom stereocenters. The third-order valence-electron chi connectivity index (χ3n) is 9.24. The van der Waals surface area contributed by atoms with Gasteiger partial charge >= 0.3 is 5.97 Å². The lowest BCUT2D eigenvalue weighted by atomic mass is 9.67. The number of rotatable bonds is 11. The van der Waals surface area contributed by atoms with Crippen molar-refractivity contribution in [1.82, 2.24) is 10.2 Å². The number of hydrogen-bond acceptors (Lipinski definition) is 4. The van der Waals surface area contributed by atoms with Gasteiger partial charge in [-0.25, -0.2) is 8.78 Å². The van der Waals surface area contributed by atoms with E-state index in [4.69, 9.17) is 10.1 Å². The van der Waals surface area contributed by atoms with Crippen molar-refractivity contribution >= 4 is 23.5 Å². The van der Waals surface area contributed by atoms with Crippen LogP contribution < -0.4 is 5.32 Å². The number of nitrogens with one attached hydrogen (secondary N) is 1. The third kappa shape index (κ3) is 6.40. The van der Waals surface area contributed by atoms with Crippen molar-refractivity contribution in [3.05, 3.63) is 70.8 Å². The van der Waals surface area contributed by atoms with Gasteiger partial charge in [-0.05, 0) is 79.3 Å². The molecular formula is C33H41F2N3O4. The summed E-state index contributed by atoms with van der Waals surface area (Å²) in [4.78, 5) is 44.4. The molecule has 2 N–H and O–H groups in total. The number of benzene rings is 2. The van der Waals surface area contributed by atoms with Gasteiger partial charge in [0.05, 0.1) is 12.5 Å². The van der Waals surface area contributed by atoms with Gasteiger partial charge < -0.3 is 15.3 Å². The van der Waals surface area contributed by atoms with E-state index in [1.807, 2.05) is 24.0 Å². The number of nitrogens with zero attached hydrogens (tertiary/aromatic N) is 2. The van der Waals surface area contributed by atoms with E-state index in [1.165, 1.54) is 6.07 Å². The molecule has 9 heteroatoms. The van der Waals surface area contributed by atoms with Gasteiger partial charge in [0.2, 0.25) is 0 Å². The Labute approximate surface area is 246 Å². The lowest BCUT2D eigenvalue weighted by Crippen LogP contribution is -2.51. The number of carbonyl (C=O) groups is 3. The minimum absolute atomic E-state index is 0.0269. The van der Waals surface area contributed by atoms with Crippen molar-refractivity contribution in [3.8, 4) is 0 Å². The number of hydrogen-bond donors (Lipinski definition) is 2. The molecule has 1 spiro atoms. The Morgan fingerprint density at radius 1 is 1.10 bits per heavy atom. The predicted molar refractivity (Wildman–Crippen MR) is 157 cm³/mol. The molecule has 226 valence electrons. The van der Waals surface area contributed by atoms with E-state index in [0.29, 0.717) is 30.7 Å². The Morgan fingerprint density at radius 2 is 1.76 bits per heavy atom. The smallest absolute Gasteiger partial charge is 0.305 e. The minimum atomic E-state index is -1.02. The molecular weight excluding hydrogens is 540 g/mol. The molecule has 0 radical (unpaired) electrons. The van der Waals surface area contributed by atoms with E-state index < -0.39 is 23.3 Å². The van der Waals surface area contributed by atoms with Gasteiger partial charge in [0, 0.05) is 17.7 Å². The van der Waals surface area contributed by atoms with Crippen LogP contribution in [0.3, 0.4) is 0 Å². The van der Waals surface area contributed by atoms with E-state index >= 15 is 0 Å². The lowest BCUT2D eigenvalue weighted by molar-refractivity contribution is -0.137. The van der Waals surface area contributed by atoms with E-state index in [0.717, 1.165) is 43.4 Å². The SMILES string of the molecule is CCCC(c1ccc(C(=O)NCCC(=O)O)cc1)N1C(=O)C(c2ccc(F)c(F)c2)=NC12CCC(C(C)(C)CC)CC2. The molecule has 2 aliphatic rings. The van der Waals surface area contributed by atoms with E-state index in [-0.39, 0.29) is 47.5 Å². The summed E-state index contributed by atoms with van der Waals surface area (Å²) in [6.07, 6.45) is 5.45. The summed E-state index contributed by atoms with van der Waals surface area (Å²) in [7, 11) is 0. The molecule has 0 aromatic heterocycles. The fraction of sp³-hybridized carbons (Fsp3) is 0.515. The highest BCUT2D eigenvalue weighted by Crippen LogP contribution is 2.50. The van der Waals surface area contributed by atoms with Crippen LogP contribution in [-0.4, -0.2) is 45.7 Å². The van der Waals surface area contributed by atoms with Crippen molar-refractivity contribution in [1.29, 1.82) is 0 Å². The summed E-state index contributed by atoms with van der Waals surface area (Å²) in [5.41, 5.74) is 1.01. The maximum Gasteiger partial charge on any atom is 0.305 e. The first-order chi connectivity index (χ1) is 19.9. The monoisotopic (exact) mass is 581 g/mol. The lowest BCUT2D eigenvalue weighted by Gasteiger charge is -2.48. The second-order valence-electron chi connectivity index (χ2n) is 12.2. The van der Waals surface area contributed by atoms with Gasteiger partial charge in [0.1, 0.15) is 11.4 Å². The van der Waals surface area contributed by atoms with Crippen LogP contribution in [0.5, 0.6) is 0 Å². The van der Waals surface area contributed by atoms with Crippen molar-refractivity contribution in [2.45, 2.75) is 90.8 Å². The van der Waals surface area contributed by atoms with E-state index in [9.17, 15) is 23.2 Å². The number of carbonyl (C=O) groups excluding carboxylic acids is 2. The number of aliphatic carboxylic acids is 1. The largest absolute Gasteiger partial charge is 0.481 e. The number of amides is 2. The maximum absolute atomic E-state index is 14.3. The van der Waals surface area contributed by atoms with Crippen LogP contribution in [-0.2, 0) is 9.59 Å². The molecule has 1 unspecified atom stereocenters. The van der Waals surface area contributed by atoms with Gasteiger partial charge in [0.25, 0.3) is 11.8 Å². The van der Waals surface area contributed by atoms with Crippen LogP contribution in [0.4, 0.5) is 8.78 Å². The van der Waals surface area contributed by atoms with Gasteiger partial charge in [0.15, 0.2) is 11.6 Å². The van der Waals surface area contributed by atoms with E-state index in [2.05, 4.69) is 26.1 Å². The molecule has 1 fully saturated rings. The summed E-state index contributed by atoms with van der Waals surface area (Å²) in [6.45, 7) is 8.83. The first-order valence-electron chi connectivity index (χ1n) is 14.9. The fourth-order valence-electron chi connectivity index (χ4n) is 6.34. The highest BCUT2D eigenvalue weighted by Gasteiger charge is 2.52. The predicted octanol–water partition coefficient (Wildman–Crippen LogP) is 6.66. The average Bonchev–Trinajstić information content (AvgIpc) is 3.24. The summed E-state index contributed by atoms with van der Waals surface area (Å²) in [6, 6.07) is 10.2. The molecule has 0 bridgehead atoms. The number of carboxylic acids is 1. The minimum Gasteiger partial charge on any atom is -0.481 e. The standard InChI is InChI=1S/C33H41F2N3O4/c1-5-7-27(21-8-10-22(11-9-21)30(41)36-19-16-28(39)40)38-31(42)29(23-12-13-25(34)26(35)20-23)37-33(38)17-14-24(15-18-33)32(3,4)6-2/h8-13,20,24,27H,5-7,14-19H2,1-4H3,(H,36,41)(H,39,40). The molecule has 1 saturated carbocycles. The first kappa shape index (κ1) is 31.3. The van der Waals surface area contributed by atoms with Crippen LogP contribution in [0, 0.1) is 23.0 Å².